The standard InChI is InChI=1S/C22H44O2/c1-4-21(2)19-17-15-13-11-9-7-5-6-8-10-12-14-16-18-20-22(23)24-3/h21H,4-20H2,1-3H3/t21-/m1/s1. The second kappa shape index (κ2) is 18.8. The first-order valence-electron chi connectivity index (χ1n) is 10.8. The van der Waals surface area contributed by atoms with Crippen LogP contribution in [0.15, 0.2) is 0 Å². The minimum atomic E-state index is -0.0643. The van der Waals surface area contributed by atoms with Crippen LogP contribution in [-0.4, -0.2) is 13.1 Å². The van der Waals surface area contributed by atoms with E-state index in [1.165, 1.54) is 103 Å². The minimum Gasteiger partial charge on any atom is -0.469 e. The summed E-state index contributed by atoms with van der Waals surface area (Å²) in [6, 6.07) is 0. The van der Waals surface area contributed by atoms with Gasteiger partial charge in [0.1, 0.15) is 0 Å². The van der Waals surface area contributed by atoms with Gasteiger partial charge < -0.3 is 4.74 Å². The van der Waals surface area contributed by atoms with Crippen LogP contribution in [0.25, 0.3) is 0 Å². The molecule has 0 saturated heterocycles. The third kappa shape index (κ3) is 17.8. The number of unbranched alkanes of at least 4 members (excludes halogenated alkanes) is 13. The van der Waals surface area contributed by atoms with Crippen molar-refractivity contribution >= 4 is 5.97 Å². The molecule has 0 rings (SSSR count). The molecule has 0 aromatic heterocycles. The zero-order chi connectivity index (χ0) is 17.9. The molecule has 0 aliphatic rings. The highest BCUT2D eigenvalue weighted by atomic mass is 16.5. The Hall–Kier alpha value is -0.530. The molecule has 0 aliphatic heterocycles. The molecule has 1 atom stereocenters. The number of carbonyl (C=O) groups excluding carboxylic acids is 1. The van der Waals surface area contributed by atoms with Crippen LogP contribution in [0, 0.1) is 5.92 Å². The molecule has 144 valence electrons. The lowest BCUT2D eigenvalue weighted by Gasteiger charge is -2.07. The first-order chi connectivity index (χ1) is 11.7. The van der Waals surface area contributed by atoms with Crippen LogP contribution in [0.1, 0.15) is 123 Å². The Morgan fingerprint density at radius 3 is 1.46 bits per heavy atom. The van der Waals surface area contributed by atoms with Gasteiger partial charge in [0.15, 0.2) is 0 Å². The van der Waals surface area contributed by atoms with Gasteiger partial charge in [-0.2, -0.15) is 0 Å². The average molecular weight is 341 g/mol. The molecule has 0 amide bonds. The minimum absolute atomic E-state index is 0.0643. The molecular weight excluding hydrogens is 296 g/mol. The van der Waals surface area contributed by atoms with Gasteiger partial charge in [-0.1, -0.05) is 110 Å². The third-order valence-electron chi connectivity index (χ3n) is 5.25. The summed E-state index contributed by atoms with van der Waals surface area (Å²) in [5, 5.41) is 0. The van der Waals surface area contributed by atoms with Gasteiger partial charge in [0.05, 0.1) is 7.11 Å². The van der Waals surface area contributed by atoms with Gasteiger partial charge in [0, 0.05) is 6.42 Å². The summed E-state index contributed by atoms with van der Waals surface area (Å²) >= 11 is 0. The summed E-state index contributed by atoms with van der Waals surface area (Å²) in [5.41, 5.74) is 0. The molecule has 0 saturated carbocycles. The summed E-state index contributed by atoms with van der Waals surface area (Å²) < 4.78 is 4.64. The lowest BCUT2D eigenvalue weighted by atomic mass is 9.99. The number of hydrogen-bond donors (Lipinski definition) is 0. The quantitative estimate of drug-likeness (QED) is 0.191. The topological polar surface area (TPSA) is 26.3 Å². The van der Waals surface area contributed by atoms with Crippen molar-refractivity contribution in [2.45, 2.75) is 123 Å². The molecular formula is C22H44O2. The molecule has 0 spiro atoms. The SMILES string of the molecule is CC[C@@H](C)CCCCCCCCCCCCCCCCC(=O)OC. The van der Waals surface area contributed by atoms with Crippen LogP contribution in [0.2, 0.25) is 0 Å². The second-order valence-corrected chi connectivity index (χ2v) is 7.58. The van der Waals surface area contributed by atoms with E-state index in [9.17, 15) is 4.79 Å². The highest BCUT2D eigenvalue weighted by Crippen LogP contribution is 2.16. The molecule has 0 fully saturated rings. The van der Waals surface area contributed by atoms with E-state index in [2.05, 4.69) is 18.6 Å². The summed E-state index contributed by atoms with van der Waals surface area (Å²) in [4.78, 5) is 11.0. The molecule has 0 aromatic carbocycles. The average Bonchev–Trinajstić information content (AvgIpc) is 2.60. The first kappa shape index (κ1) is 23.5. The number of rotatable bonds is 18. The van der Waals surface area contributed by atoms with Gasteiger partial charge in [-0.15, -0.1) is 0 Å². The lowest BCUT2D eigenvalue weighted by molar-refractivity contribution is -0.140. The van der Waals surface area contributed by atoms with Crippen molar-refractivity contribution in [1.82, 2.24) is 0 Å². The summed E-state index contributed by atoms with van der Waals surface area (Å²) in [7, 11) is 1.47. The van der Waals surface area contributed by atoms with Crippen LogP contribution in [-0.2, 0) is 9.53 Å². The molecule has 0 heterocycles. The van der Waals surface area contributed by atoms with Crippen molar-refractivity contribution in [3.63, 3.8) is 0 Å². The predicted molar refractivity (Wildman–Crippen MR) is 105 cm³/mol. The fraction of sp³-hybridized carbons (Fsp3) is 0.955. The maximum Gasteiger partial charge on any atom is 0.305 e. The highest BCUT2D eigenvalue weighted by Gasteiger charge is 2.00. The Kier molecular flexibility index (Phi) is 18.4. The van der Waals surface area contributed by atoms with Gasteiger partial charge in [0.2, 0.25) is 0 Å². The maximum absolute atomic E-state index is 11.0. The number of methoxy groups -OCH3 is 1. The molecule has 2 nitrogen and oxygen atoms in total. The Balaban J connectivity index is 3.04. The first-order valence-corrected chi connectivity index (χ1v) is 10.8. The van der Waals surface area contributed by atoms with E-state index in [4.69, 9.17) is 0 Å². The van der Waals surface area contributed by atoms with Gasteiger partial charge >= 0.3 is 5.97 Å². The zero-order valence-electron chi connectivity index (χ0n) is 16.9. The van der Waals surface area contributed by atoms with Crippen LogP contribution in [0.5, 0.6) is 0 Å². The molecule has 0 bridgehead atoms. The van der Waals surface area contributed by atoms with Crippen LogP contribution in [0.4, 0.5) is 0 Å². The van der Waals surface area contributed by atoms with E-state index in [-0.39, 0.29) is 5.97 Å². The zero-order valence-corrected chi connectivity index (χ0v) is 16.9. The Morgan fingerprint density at radius 2 is 1.08 bits per heavy atom. The number of esters is 1. The fourth-order valence-corrected chi connectivity index (χ4v) is 3.19. The number of ether oxygens (including phenoxy) is 1. The maximum atomic E-state index is 11.0. The molecule has 0 aromatic rings. The van der Waals surface area contributed by atoms with Crippen LogP contribution < -0.4 is 0 Å². The molecule has 2 heteroatoms. The van der Waals surface area contributed by atoms with Gasteiger partial charge in [-0.3, -0.25) is 4.79 Å². The van der Waals surface area contributed by atoms with Crippen LogP contribution >= 0.6 is 0 Å². The number of hydrogen-bond acceptors (Lipinski definition) is 2. The van der Waals surface area contributed by atoms with E-state index < -0.39 is 0 Å². The van der Waals surface area contributed by atoms with Gasteiger partial charge in [0.25, 0.3) is 0 Å². The fourth-order valence-electron chi connectivity index (χ4n) is 3.19. The van der Waals surface area contributed by atoms with E-state index in [1.54, 1.807) is 0 Å². The molecule has 0 aliphatic carbocycles. The third-order valence-corrected chi connectivity index (χ3v) is 5.25. The summed E-state index contributed by atoms with van der Waals surface area (Å²) in [6.07, 6.45) is 22.4. The second-order valence-electron chi connectivity index (χ2n) is 7.58. The summed E-state index contributed by atoms with van der Waals surface area (Å²) in [5.74, 6) is 0.864. The largest absolute Gasteiger partial charge is 0.469 e. The van der Waals surface area contributed by atoms with Gasteiger partial charge in [-0.25, -0.2) is 0 Å². The van der Waals surface area contributed by atoms with Crippen molar-refractivity contribution in [3.05, 3.63) is 0 Å². The molecule has 0 radical (unpaired) electrons. The van der Waals surface area contributed by atoms with Gasteiger partial charge in [-0.05, 0) is 12.3 Å². The number of carbonyl (C=O) groups is 1. The molecule has 24 heavy (non-hydrogen) atoms. The van der Waals surface area contributed by atoms with Crippen molar-refractivity contribution in [2.75, 3.05) is 7.11 Å². The highest BCUT2D eigenvalue weighted by molar-refractivity contribution is 5.68. The summed E-state index contributed by atoms with van der Waals surface area (Å²) in [6.45, 7) is 4.68. The van der Waals surface area contributed by atoms with Crippen molar-refractivity contribution in [2.24, 2.45) is 5.92 Å². The smallest absolute Gasteiger partial charge is 0.305 e. The Bertz CT molecular complexity index is 263. The molecule has 0 N–H and O–H groups in total. The van der Waals surface area contributed by atoms with Crippen LogP contribution in [0.3, 0.4) is 0 Å². The Morgan fingerprint density at radius 1 is 0.708 bits per heavy atom. The van der Waals surface area contributed by atoms with Crippen molar-refractivity contribution in [3.8, 4) is 0 Å². The predicted octanol–water partition coefficient (Wildman–Crippen LogP) is 7.45. The Labute approximate surface area is 152 Å². The van der Waals surface area contributed by atoms with Crippen molar-refractivity contribution < 1.29 is 9.53 Å². The van der Waals surface area contributed by atoms with Crippen molar-refractivity contribution in [1.29, 1.82) is 0 Å². The molecule has 0 unspecified atom stereocenters. The van der Waals surface area contributed by atoms with E-state index in [0.29, 0.717) is 6.42 Å². The van der Waals surface area contributed by atoms with E-state index in [1.807, 2.05) is 0 Å². The monoisotopic (exact) mass is 340 g/mol. The van der Waals surface area contributed by atoms with E-state index >= 15 is 0 Å². The van der Waals surface area contributed by atoms with E-state index in [0.717, 1.165) is 12.3 Å². The normalized spacial score (nSPS) is 12.3. The lowest BCUT2D eigenvalue weighted by Crippen LogP contribution is -1.99.